The summed E-state index contributed by atoms with van der Waals surface area (Å²) in [6.45, 7) is 9.08. The van der Waals surface area contributed by atoms with Crippen LogP contribution in [0, 0.1) is 0 Å². The number of nitrogens with one attached hydrogen (secondary N) is 1. The summed E-state index contributed by atoms with van der Waals surface area (Å²) in [5.41, 5.74) is 0.971. The maximum absolute atomic E-state index is 12.4. The Morgan fingerprint density at radius 3 is 2.72 bits per heavy atom. The molecule has 0 bridgehead atoms. The standard InChI is InChI=1S/C22H28N6O2S2/c1-4-28-21(18-6-5-9-31-18)25-26-22(28)32-14-20(29)24-11-17-7-8-19(23-10-17)27-12-15(2)30-16(3)13-27/h5-10,15-16H,4,11-14H2,1-3H3,(H,24,29). The van der Waals surface area contributed by atoms with Crippen LogP contribution in [-0.2, 0) is 22.6 Å². The molecule has 1 fully saturated rings. The monoisotopic (exact) mass is 472 g/mol. The first-order valence-corrected chi connectivity index (χ1v) is 12.6. The summed E-state index contributed by atoms with van der Waals surface area (Å²) in [4.78, 5) is 20.3. The highest BCUT2D eigenvalue weighted by molar-refractivity contribution is 7.99. The van der Waals surface area contributed by atoms with Gasteiger partial charge in [0, 0.05) is 32.4 Å². The van der Waals surface area contributed by atoms with Crippen LogP contribution < -0.4 is 10.2 Å². The van der Waals surface area contributed by atoms with Gasteiger partial charge < -0.3 is 19.5 Å². The lowest BCUT2D eigenvalue weighted by Gasteiger charge is -2.36. The second kappa shape index (κ2) is 10.5. The first-order valence-electron chi connectivity index (χ1n) is 10.8. The average molecular weight is 473 g/mol. The Labute approximate surface area is 196 Å². The zero-order valence-electron chi connectivity index (χ0n) is 18.5. The van der Waals surface area contributed by atoms with Crippen molar-refractivity contribution in [3.8, 4) is 10.7 Å². The van der Waals surface area contributed by atoms with Crippen LogP contribution >= 0.6 is 23.1 Å². The molecule has 0 aromatic carbocycles. The van der Waals surface area contributed by atoms with Crippen molar-refractivity contribution >= 4 is 34.8 Å². The maximum Gasteiger partial charge on any atom is 0.230 e. The lowest BCUT2D eigenvalue weighted by Crippen LogP contribution is -2.45. The van der Waals surface area contributed by atoms with Crippen LogP contribution in [0.25, 0.3) is 10.7 Å². The number of rotatable bonds is 8. The second-order valence-electron chi connectivity index (χ2n) is 7.78. The van der Waals surface area contributed by atoms with Crippen LogP contribution in [0.1, 0.15) is 26.3 Å². The summed E-state index contributed by atoms with van der Waals surface area (Å²) in [6, 6.07) is 8.05. The zero-order chi connectivity index (χ0) is 22.5. The van der Waals surface area contributed by atoms with Crippen molar-refractivity contribution in [2.75, 3.05) is 23.7 Å². The van der Waals surface area contributed by atoms with Crippen LogP contribution in [0.3, 0.4) is 0 Å². The summed E-state index contributed by atoms with van der Waals surface area (Å²) < 4.78 is 7.83. The van der Waals surface area contributed by atoms with Gasteiger partial charge in [0.15, 0.2) is 11.0 Å². The Kier molecular flexibility index (Phi) is 7.44. The Balaban J connectivity index is 1.27. The number of anilines is 1. The number of aromatic nitrogens is 4. The molecule has 170 valence electrons. The van der Waals surface area contributed by atoms with Gasteiger partial charge in [-0.25, -0.2) is 4.98 Å². The largest absolute Gasteiger partial charge is 0.372 e. The normalized spacial score (nSPS) is 18.7. The SMILES string of the molecule is CCn1c(SCC(=O)NCc2ccc(N3CC(C)OC(C)C3)nc2)nnc1-c1cccs1. The molecule has 0 spiro atoms. The molecular weight excluding hydrogens is 444 g/mol. The number of nitrogens with zero attached hydrogens (tertiary/aromatic N) is 5. The van der Waals surface area contributed by atoms with E-state index >= 15 is 0 Å². The third kappa shape index (κ3) is 5.48. The van der Waals surface area contributed by atoms with E-state index in [0.717, 1.165) is 46.9 Å². The minimum Gasteiger partial charge on any atom is -0.372 e. The van der Waals surface area contributed by atoms with E-state index in [1.54, 1.807) is 11.3 Å². The van der Waals surface area contributed by atoms with Gasteiger partial charge in [-0.3, -0.25) is 4.79 Å². The van der Waals surface area contributed by atoms with E-state index in [-0.39, 0.29) is 23.9 Å². The van der Waals surface area contributed by atoms with Crippen molar-refractivity contribution in [3.63, 3.8) is 0 Å². The molecule has 1 aliphatic heterocycles. The van der Waals surface area contributed by atoms with Gasteiger partial charge in [-0.05, 0) is 43.8 Å². The van der Waals surface area contributed by atoms with Crippen LogP contribution in [0.2, 0.25) is 0 Å². The first-order chi connectivity index (χ1) is 15.5. The average Bonchev–Trinajstić information content (AvgIpc) is 3.45. The quantitative estimate of drug-likeness (QED) is 0.503. The van der Waals surface area contributed by atoms with E-state index in [4.69, 9.17) is 4.74 Å². The summed E-state index contributed by atoms with van der Waals surface area (Å²) >= 11 is 3.03. The Morgan fingerprint density at radius 1 is 1.25 bits per heavy atom. The number of carbonyl (C=O) groups excluding carboxylic acids is 1. The molecule has 2 atom stereocenters. The molecule has 10 heteroatoms. The predicted molar refractivity (Wildman–Crippen MR) is 128 cm³/mol. The third-order valence-corrected chi connectivity index (χ3v) is 6.98. The van der Waals surface area contributed by atoms with Gasteiger partial charge in [0.05, 0.1) is 22.8 Å². The highest BCUT2D eigenvalue weighted by Gasteiger charge is 2.23. The fourth-order valence-electron chi connectivity index (χ4n) is 3.72. The molecule has 0 radical (unpaired) electrons. The Morgan fingerprint density at radius 2 is 2.06 bits per heavy atom. The molecule has 8 nitrogen and oxygen atoms in total. The number of pyridine rings is 1. The molecule has 2 unspecified atom stereocenters. The molecule has 1 N–H and O–H groups in total. The van der Waals surface area contributed by atoms with E-state index in [1.807, 2.05) is 40.4 Å². The molecule has 1 saturated heterocycles. The fraction of sp³-hybridized carbons (Fsp3) is 0.455. The third-order valence-electron chi connectivity index (χ3n) is 5.15. The number of hydrogen-bond donors (Lipinski definition) is 1. The fourth-order valence-corrected chi connectivity index (χ4v) is 5.27. The van der Waals surface area contributed by atoms with Gasteiger partial charge >= 0.3 is 0 Å². The van der Waals surface area contributed by atoms with Gasteiger partial charge in [0.2, 0.25) is 5.91 Å². The van der Waals surface area contributed by atoms with Crippen molar-refractivity contribution in [1.29, 1.82) is 0 Å². The summed E-state index contributed by atoms with van der Waals surface area (Å²) in [5, 5.41) is 14.3. The summed E-state index contributed by atoms with van der Waals surface area (Å²) in [6.07, 6.45) is 2.21. The van der Waals surface area contributed by atoms with Gasteiger partial charge in [-0.15, -0.1) is 21.5 Å². The van der Waals surface area contributed by atoms with Crippen LogP contribution in [0.4, 0.5) is 5.82 Å². The number of morpholine rings is 1. The Bertz CT molecular complexity index is 1010. The molecule has 1 aliphatic rings. The molecule has 4 heterocycles. The molecule has 3 aromatic heterocycles. The van der Waals surface area contributed by atoms with Crippen LogP contribution in [0.5, 0.6) is 0 Å². The number of thioether (sulfide) groups is 1. The zero-order valence-corrected chi connectivity index (χ0v) is 20.2. The van der Waals surface area contributed by atoms with Gasteiger partial charge in [-0.1, -0.05) is 23.9 Å². The minimum atomic E-state index is -0.0433. The van der Waals surface area contributed by atoms with Crippen molar-refractivity contribution in [2.45, 2.75) is 51.2 Å². The molecule has 0 aliphatic carbocycles. The van der Waals surface area contributed by atoms with Crippen molar-refractivity contribution in [1.82, 2.24) is 25.1 Å². The molecule has 3 aromatic rings. The molecular formula is C22H28N6O2S2. The van der Waals surface area contributed by atoms with Gasteiger partial charge in [0.25, 0.3) is 0 Å². The molecule has 4 rings (SSSR count). The number of hydrogen-bond acceptors (Lipinski definition) is 8. The first kappa shape index (κ1) is 22.8. The van der Waals surface area contributed by atoms with E-state index in [9.17, 15) is 4.79 Å². The molecule has 32 heavy (non-hydrogen) atoms. The summed E-state index contributed by atoms with van der Waals surface area (Å²) in [7, 11) is 0. The van der Waals surface area contributed by atoms with E-state index in [0.29, 0.717) is 6.54 Å². The topological polar surface area (TPSA) is 85.2 Å². The molecule has 0 saturated carbocycles. The van der Waals surface area contributed by atoms with E-state index in [1.165, 1.54) is 11.8 Å². The number of carbonyl (C=O) groups is 1. The number of amides is 1. The number of ether oxygens (including phenoxy) is 1. The predicted octanol–water partition coefficient (Wildman–Crippen LogP) is 3.44. The van der Waals surface area contributed by atoms with E-state index < -0.39 is 0 Å². The van der Waals surface area contributed by atoms with Gasteiger partial charge in [0.1, 0.15) is 5.82 Å². The van der Waals surface area contributed by atoms with Crippen molar-refractivity contribution in [3.05, 3.63) is 41.4 Å². The smallest absolute Gasteiger partial charge is 0.230 e. The molecule has 1 amide bonds. The summed E-state index contributed by atoms with van der Waals surface area (Å²) in [5.74, 6) is 2.04. The van der Waals surface area contributed by atoms with Crippen molar-refractivity contribution < 1.29 is 9.53 Å². The maximum atomic E-state index is 12.4. The highest BCUT2D eigenvalue weighted by Crippen LogP contribution is 2.27. The minimum absolute atomic E-state index is 0.0433. The lowest BCUT2D eigenvalue weighted by atomic mass is 10.2. The van der Waals surface area contributed by atoms with Crippen LogP contribution in [-0.4, -0.2) is 56.7 Å². The van der Waals surface area contributed by atoms with Crippen LogP contribution in [0.15, 0.2) is 41.0 Å². The van der Waals surface area contributed by atoms with Crippen molar-refractivity contribution in [2.24, 2.45) is 0 Å². The van der Waals surface area contributed by atoms with E-state index in [2.05, 4.69) is 46.2 Å². The Hall–Kier alpha value is -2.43. The number of thiophene rings is 1. The lowest BCUT2D eigenvalue weighted by molar-refractivity contribution is -0.118. The highest BCUT2D eigenvalue weighted by atomic mass is 32.2. The van der Waals surface area contributed by atoms with Gasteiger partial charge in [-0.2, -0.15) is 0 Å². The second-order valence-corrected chi connectivity index (χ2v) is 9.67.